The third-order valence-corrected chi connectivity index (χ3v) is 1.15. The molecule has 0 bridgehead atoms. The molecule has 4 heteroatoms. The maximum atomic E-state index is 10.7. The molecule has 0 heterocycles. The van der Waals surface area contributed by atoms with Crippen LogP contribution < -0.4 is 0 Å². The molecule has 0 saturated carbocycles. The number of ether oxygens (including phenoxy) is 1. The quantitative estimate of drug-likeness (QED) is 0.286. The summed E-state index contributed by atoms with van der Waals surface area (Å²) < 4.78 is 4.73. The molecule has 0 spiro atoms. The fourth-order valence-corrected chi connectivity index (χ4v) is 0.585. The van der Waals surface area contributed by atoms with Crippen LogP contribution in [0.4, 0.5) is 0 Å². The van der Waals surface area contributed by atoms with Gasteiger partial charge >= 0.3 is 5.97 Å². The zero-order valence-electron chi connectivity index (χ0n) is 7.76. The van der Waals surface area contributed by atoms with E-state index in [0.29, 0.717) is 6.61 Å². The van der Waals surface area contributed by atoms with E-state index in [4.69, 9.17) is 4.74 Å². The van der Waals surface area contributed by atoms with Crippen LogP contribution in [0.25, 0.3) is 0 Å². The predicted molar refractivity (Wildman–Crippen MR) is 46.9 cm³/mol. The van der Waals surface area contributed by atoms with Gasteiger partial charge in [-0.25, -0.2) is 0 Å². The number of Topliss-reactive ketones (excluding diaryl/α,β-unsaturated/α-hetero) is 1. The molecule has 0 atom stereocenters. The van der Waals surface area contributed by atoms with Crippen LogP contribution in [0.1, 0.15) is 33.1 Å². The molecule has 0 rings (SSSR count). The molecule has 66 valence electrons. The van der Waals surface area contributed by atoms with Crippen molar-refractivity contribution in [2.75, 3.05) is 6.61 Å². The summed E-state index contributed by atoms with van der Waals surface area (Å²) in [6.45, 7) is 3.82. The zero-order valence-corrected chi connectivity index (χ0v) is 9.97. The minimum atomic E-state index is -0.411. The maximum absolute atomic E-state index is 10.7. The smallest absolute Gasteiger partial charge is 0.313 e. The van der Waals surface area contributed by atoms with Gasteiger partial charge in [0.2, 0.25) is 0 Å². The van der Waals surface area contributed by atoms with Gasteiger partial charge in [-0.05, 0) is 13.3 Å². The molecule has 0 fully saturated rings. The molecule has 0 aromatic carbocycles. The molecule has 0 saturated heterocycles. The Bertz CT molecular complexity index is 145. The van der Waals surface area contributed by atoms with Gasteiger partial charge in [0.25, 0.3) is 0 Å². The summed E-state index contributed by atoms with van der Waals surface area (Å²) >= 11 is 0. The van der Waals surface area contributed by atoms with Gasteiger partial charge in [0, 0.05) is 37.7 Å². The van der Waals surface area contributed by atoms with Crippen LogP contribution in [0.2, 0.25) is 0 Å². The van der Waals surface area contributed by atoms with Crippen molar-refractivity contribution in [1.82, 2.24) is 0 Å². The van der Waals surface area contributed by atoms with E-state index in [1.807, 2.05) is 6.92 Å². The monoisotopic (exact) mass is 198 g/mol. The van der Waals surface area contributed by atoms with Crippen molar-refractivity contribution < 1.29 is 14.3 Å². The van der Waals surface area contributed by atoms with Crippen LogP contribution in [0.3, 0.4) is 0 Å². The molecule has 0 aliphatic rings. The Balaban J connectivity index is 0. The molecule has 0 unspecified atom stereocenters. The second-order valence-electron chi connectivity index (χ2n) is 2.45. The summed E-state index contributed by atoms with van der Waals surface area (Å²) in [5, 5.41) is 0. The van der Waals surface area contributed by atoms with Crippen LogP contribution >= 0.6 is 0 Å². The van der Waals surface area contributed by atoms with Gasteiger partial charge in [0.05, 0.1) is 6.61 Å². The van der Waals surface area contributed by atoms with Crippen molar-refractivity contribution in [3.8, 4) is 0 Å². The Morgan fingerprint density at radius 3 is 2.33 bits per heavy atom. The van der Waals surface area contributed by atoms with Crippen LogP contribution in [0.15, 0.2) is 0 Å². The third kappa shape index (κ3) is 10.4. The van der Waals surface area contributed by atoms with Crippen molar-refractivity contribution in [1.29, 1.82) is 0 Å². The van der Waals surface area contributed by atoms with Crippen LogP contribution in [-0.4, -0.2) is 56.1 Å². The van der Waals surface area contributed by atoms with Gasteiger partial charge in [-0.2, -0.15) is 0 Å². The van der Waals surface area contributed by atoms with E-state index in [2.05, 4.69) is 0 Å². The number of carbonyl (C=O) groups is 2. The molecule has 0 aromatic heterocycles. The largest absolute Gasteiger partial charge is 0.465 e. The topological polar surface area (TPSA) is 43.4 Å². The Kier molecular flexibility index (Phi) is 11.8. The number of carbonyl (C=O) groups excluding carboxylic acids is 2. The number of hydrogen-bond acceptors (Lipinski definition) is 3. The van der Waals surface area contributed by atoms with Crippen LogP contribution in [0, 0.1) is 0 Å². The van der Waals surface area contributed by atoms with E-state index < -0.39 is 5.97 Å². The number of esters is 1. The Morgan fingerprint density at radius 2 is 1.92 bits per heavy atom. The summed E-state index contributed by atoms with van der Waals surface area (Å²) in [7, 11) is 0. The average Bonchev–Trinajstić information content (AvgIpc) is 1.86. The summed E-state index contributed by atoms with van der Waals surface area (Å²) in [5.41, 5.74) is 0. The molecule has 0 N–H and O–H groups in total. The first kappa shape index (κ1) is 14.9. The number of unbranched alkanes of at least 4 members (excludes halogenated alkanes) is 1. The van der Waals surface area contributed by atoms with Crippen molar-refractivity contribution in [3.05, 3.63) is 0 Å². The second-order valence-corrected chi connectivity index (χ2v) is 2.45. The number of ketones is 1. The molecular formula is C8H14CaO3. The van der Waals surface area contributed by atoms with E-state index in [-0.39, 0.29) is 49.9 Å². The van der Waals surface area contributed by atoms with E-state index in [1.54, 1.807) is 0 Å². The summed E-state index contributed by atoms with van der Waals surface area (Å²) in [6, 6.07) is 0. The van der Waals surface area contributed by atoms with Crippen molar-refractivity contribution in [3.63, 3.8) is 0 Å². The maximum Gasteiger partial charge on any atom is 0.313 e. The van der Waals surface area contributed by atoms with Gasteiger partial charge in [0.15, 0.2) is 0 Å². The van der Waals surface area contributed by atoms with E-state index in [0.717, 1.165) is 12.8 Å². The SMILES string of the molecule is CCCCOC(=O)CC(C)=O.[Ca]. The Labute approximate surface area is 103 Å². The summed E-state index contributed by atoms with van der Waals surface area (Å²) in [6.07, 6.45) is 1.76. The normalized spacial score (nSPS) is 8.50. The first-order valence-corrected chi connectivity index (χ1v) is 3.82. The summed E-state index contributed by atoms with van der Waals surface area (Å²) in [5.74, 6) is -0.558. The van der Waals surface area contributed by atoms with Gasteiger partial charge in [-0.3, -0.25) is 9.59 Å². The second kappa shape index (κ2) is 9.49. The molecular weight excluding hydrogens is 184 g/mol. The van der Waals surface area contributed by atoms with Crippen molar-refractivity contribution in [2.45, 2.75) is 33.1 Å². The van der Waals surface area contributed by atoms with Gasteiger partial charge in [0.1, 0.15) is 12.2 Å². The summed E-state index contributed by atoms with van der Waals surface area (Å²) in [4.78, 5) is 21.1. The van der Waals surface area contributed by atoms with E-state index in [1.165, 1.54) is 6.92 Å². The molecule has 0 amide bonds. The molecule has 12 heavy (non-hydrogen) atoms. The van der Waals surface area contributed by atoms with Crippen LogP contribution in [-0.2, 0) is 14.3 Å². The molecule has 2 radical (unpaired) electrons. The first-order chi connectivity index (χ1) is 5.16. The fraction of sp³-hybridized carbons (Fsp3) is 0.750. The van der Waals surface area contributed by atoms with E-state index >= 15 is 0 Å². The van der Waals surface area contributed by atoms with Gasteiger partial charge < -0.3 is 4.74 Å². The van der Waals surface area contributed by atoms with Crippen molar-refractivity contribution in [2.24, 2.45) is 0 Å². The third-order valence-electron chi connectivity index (χ3n) is 1.15. The predicted octanol–water partition coefficient (Wildman–Crippen LogP) is 0.928. The van der Waals surface area contributed by atoms with Gasteiger partial charge in [-0.15, -0.1) is 0 Å². The Morgan fingerprint density at radius 1 is 1.33 bits per heavy atom. The Hall–Kier alpha value is 0.400. The zero-order chi connectivity index (χ0) is 8.69. The van der Waals surface area contributed by atoms with Crippen LogP contribution in [0.5, 0.6) is 0 Å². The van der Waals surface area contributed by atoms with Gasteiger partial charge in [-0.1, -0.05) is 13.3 Å². The molecule has 0 aliphatic carbocycles. The minimum Gasteiger partial charge on any atom is -0.465 e. The minimum absolute atomic E-state index is 0. The molecule has 3 nitrogen and oxygen atoms in total. The average molecular weight is 198 g/mol. The number of hydrogen-bond donors (Lipinski definition) is 0. The number of rotatable bonds is 5. The van der Waals surface area contributed by atoms with Crippen molar-refractivity contribution >= 4 is 49.5 Å². The first-order valence-electron chi connectivity index (χ1n) is 3.82. The van der Waals surface area contributed by atoms with E-state index in [9.17, 15) is 9.59 Å². The standard InChI is InChI=1S/C8H14O3.Ca/c1-3-4-5-11-8(10)6-7(2)9;/h3-6H2,1-2H3;. The molecule has 0 aromatic rings. The fourth-order valence-electron chi connectivity index (χ4n) is 0.585. The molecule has 0 aliphatic heterocycles.